The highest BCUT2D eigenvalue weighted by Crippen LogP contribution is 2.32. The molecule has 0 amide bonds. The third-order valence-electron chi connectivity index (χ3n) is 3.00. The molecule has 0 aromatic heterocycles. The quantitative estimate of drug-likeness (QED) is 0.865. The number of hydrogen-bond acceptors (Lipinski definition) is 2. The molecule has 0 aliphatic rings. The monoisotopic (exact) mass is 289 g/mol. The lowest BCUT2D eigenvalue weighted by molar-refractivity contribution is -0.137. The first kappa shape index (κ1) is 15.3. The molecule has 0 radical (unpaired) electrons. The standard InChI is InChI=1S/C13H17Cl2NO2/c1-3-16(8-7-12(17)18)9(2)10-5-4-6-11(14)13(10)15/h4-6,9H,3,7-8H2,1-2H3,(H,17,18). The molecule has 5 heteroatoms. The summed E-state index contributed by atoms with van der Waals surface area (Å²) in [6.07, 6.45) is 0.121. The molecule has 1 rings (SSSR count). The van der Waals surface area contributed by atoms with Gasteiger partial charge < -0.3 is 5.11 Å². The molecular weight excluding hydrogens is 273 g/mol. The molecule has 1 aromatic carbocycles. The predicted octanol–water partition coefficient (Wildman–Crippen LogP) is 3.85. The Balaban J connectivity index is 2.85. The van der Waals surface area contributed by atoms with Crippen LogP contribution in [0.1, 0.15) is 31.9 Å². The number of carboxylic acids is 1. The van der Waals surface area contributed by atoms with E-state index >= 15 is 0 Å². The fourth-order valence-corrected chi connectivity index (χ4v) is 2.37. The molecule has 18 heavy (non-hydrogen) atoms. The average molecular weight is 290 g/mol. The molecule has 1 N–H and O–H groups in total. The largest absolute Gasteiger partial charge is 0.481 e. The average Bonchev–Trinajstić information content (AvgIpc) is 2.32. The van der Waals surface area contributed by atoms with Crippen molar-refractivity contribution in [3.8, 4) is 0 Å². The minimum Gasteiger partial charge on any atom is -0.481 e. The van der Waals surface area contributed by atoms with Crippen molar-refractivity contribution in [2.75, 3.05) is 13.1 Å². The van der Waals surface area contributed by atoms with Gasteiger partial charge in [-0.25, -0.2) is 0 Å². The Kier molecular flexibility index (Phi) is 5.93. The van der Waals surface area contributed by atoms with Crippen molar-refractivity contribution in [1.82, 2.24) is 4.90 Å². The minimum atomic E-state index is -0.794. The number of hydrogen-bond donors (Lipinski definition) is 1. The summed E-state index contributed by atoms with van der Waals surface area (Å²) in [7, 11) is 0. The summed E-state index contributed by atoms with van der Waals surface area (Å²) >= 11 is 12.2. The van der Waals surface area contributed by atoms with Crippen LogP contribution in [0, 0.1) is 0 Å². The lowest BCUT2D eigenvalue weighted by Crippen LogP contribution is -2.29. The van der Waals surface area contributed by atoms with E-state index in [0.717, 1.165) is 12.1 Å². The van der Waals surface area contributed by atoms with Gasteiger partial charge in [0, 0.05) is 12.6 Å². The van der Waals surface area contributed by atoms with Crippen molar-refractivity contribution in [3.63, 3.8) is 0 Å². The van der Waals surface area contributed by atoms with Gasteiger partial charge in [-0.05, 0) is 25.1 Å². The molecule has 0 saturated heterocycles. The molecular formula is C13H17Cl2NO2. The van der Waals surface area contributed by atoms with Crippen molar-refractivity contribution in [2.24, 2.45) is 0 Å². The Morgan fingerprint density at radius 2 is 2.11 bits per heavy atom. The molecule has 1 unspecified atom stereocenters. The van der Waals surface area contributed by atoms with E-state index < -0.39 is 5.97 Å². The van der Waals surface area contributed by atoms with Gasteiger partial charge in [-0.15, -0.1) is 0 Å². The van der Waals surface area contributed by atoms with Crippen molar-refractivity contribution in [3.05, 3.63) is 33.8 Å². The molecule has 0 heterocycles. The van der Waals surface area contributed by atoms with Crippen molar-refractivity contribution in [2.45, 2.75) is 26.3 Å². The van der Waals surface area contributed by atoms with Gasteiger partial charge in [0.15, 0.2) is 0 Å². The molecule has 0 aliphatic heterocycles. The number of carboxylic acid groups (broad SMARTS) is 1. The SMILES string of the molecule is CCN(CCC(=O)O)C(C)c1cccc(Cl)c1Cl. The Bertz CT molecular complexity index is 423. The Morgan fingerprint density at radius 1 is 1.44 bits per heavy atom. The maximum atomic E-state index is 10.6. The van der Waals surface area contributed by atoms with Gasteiger partial charge in [0.2, 0.25) is 0 Å². The molecule has 0 bridgehead atoms. The van der Waals surface area contributed by atoms with Crippen LogP contribution in [0.25, 0.3) is 0 Å². The molecule has 0 fully saturated rings. The maximum Gasteiger partial charge on any atom is 0.304 e. The first-order chi connectivity index (χ1) is 8.47. The molecule has 3 nitrogen and oxygen atoms in total. The molecule has 1 atom stereocenters. The fourth-order valence-electron chi connectivity index (χ4n) is 1.90. The van der Waals surface area contributed by atoms with Gasteiger partial charge in [0.05, 0.1) is 16.5 Å². The third-order valence-corrected chi connectivity index (χ3v) is 3.83. The van der Waals surface area contributed by atoms with Crippen LogP contribution in [0.15, 0.2) is 18.2 Å². The molecule has 0 aliphatic carbocycles. The number of halogens is 2. The van der Waals surface area contributed by atoms with E-state index in [2.05, 4.69) is 4.90 Å². The predicted molar refractivity (Wildman–Crippen MR) is 74.4 cm³/mol. The summed E-state index contributed by atoms with van der Waals surface area (Å²) in [5, 5.41) is 9.80. The number of aliphatic carboxylic acids is 1. The van der Waals surface area contributed by atoms with E-state index in [1.54, 1.807) is 6.07 Å². The van der Waals surface area contributed by atoms with Crippen LogP contribution in [-0.2, 0) is 4.79 Å². The zero-order valence-electron chi connectivity index (χ0n) is 10.5. The molecule has 0 spiro atoms. The first-order valence-electron chi connectivity index (χ1n) is 5.87. The zero-order chi connectivity index (χ0) is 13.7. The zero-order valence-corrected chi connectivity index (χ0v) is 12.0. The van der Waals surface area contributed by atoms with Gasteiger partial charge in [-0.2, -0.15) is 0 Å². The van der Waals surface area contributed by atoms with E-state index in [1.165, 1.54) is 0 Å². The number of benzene rings is 1. The third kappa shape index (κ3) is 3.87. The summed E-state index contributed by atoms with van der Waals surface area (Å²) in [5.74, 6) is -0.794. The van der Waals surface area contributed by atoms with Gasteiger partial charge in [-0.1, -0.05) is 42.3 Å². The normalized spacial score (nSPS) is 12.7. The summed E-state index contributed by atoms with van der Waals surface area (Å²) < 4.78 is 0. The van der Waals surface area contributed by atoms with Crippen LogP contribution in [0.4, 0.5) is 0 Å². The van der Waals surface area contributed by atoms with Crippen LogP contribution in [-0.4, -0.2) is 29.1 Å². The highest BCUT2D eigenvalue weighted by atomic mass is 35.5. The summed E-state index contributed by atoms with van der Waals surface area (Å²) in [5.41, 5.74) is 0.927. The molecule has 1 aromatic rings. The van der Waals surface area contributed by atoms with Crippen molar-refractivity contribution >= 4 is 29.2 Å². The van der Waals surface area contributed by atoms with Crippen LogP contribution in [0.2, 0.25) is 10.0 Å². The lowest BCUT2D eigenvalue weighted by atomic mass is 10.1. The maximum absolute atomic E-state index is 10.6. The van der Waals surface area contributed by atoms with Crippen LogP contribution in [0.5, 0.6) is 0 Å². The number of rotatable bonds is 6. The smallest absolute Gasteiger partial charge is 0.304 e. The van der Waals surface area contributed by atoms with Crippen LogP contribution < -0.4 is 0 Å². The molecule has 100 valence electrons. The number of carbonyl (C=O) groups is 1. The van der Waals surface area contributed by atoms with Gasteiger partial charge >= 0.3 is 5.97 Å². The van der Waals surface area contributed by atoms with Gasteiger partial charge in [0.1, 0.15) is 0 Å². The Hall–Kier alpha value is -0.770. The Labute approximate surface area is 117 Å². The second-order valence-electron chi connectivity index (χ2n) is 4.09. The topological polar surface area (TPSA) is 40.5 Å². The van der Waals surface area contributed by atoms with Crippen molar-refractivity contribution < 1.29 is 9.90 Å². The second-order valence-corrected chi connectivity index (χ2v) is 4.88. The lowest BCUT2D eigenvalue weighted by Gasteiger charge is -2.28. The van der Waals surface area contributed by atoms with E-state index in [-0.39, 0.29) is 12.5 Å². The van der Waals surface area contributed by atoms with E-state index in [0.29, 0.717) is 16.6 Å². The summed E-state index contributed by atoms with van der Waals surface area (Å²) in [6.45, 7) is 5.26. The highest BCUT2D eigenvalue weighted by Gasteiger charge is 2.18. The van der Waals surface area contributed by atoms with Crippen molar-refractivity contribution in [1.29, 1.82) is 0 Å². The van der Waals surface area contributed by atoms with Gasteiger partial charge in [-0.3, -0.25) is 9.69 Å². The summed E-state index contributed by atoms with van der Waals surface area (Å²) in [4.78, 5) is 12.7. The minimum absolute atomic E-state index is 0.0422. The summed E-state index contributed by atoms with van der Waals surface area (Å²) in [6, 6.07) is 5.56. The molecule has 0 saturated carbocycles. The Morgan fingerprint density at radius 3 is 2.67 bits per heavy atom. The van der Waals surface area contributed by atoms with Gasteiger partial charge in [0.25, 0.3) is 0 Å². The van der Waals surface area contributed by atoms with Crippen LogP contribution in [0.3, 0.4) is 0 Å². The fraction of sp³-hybridized carbons (Fsp3) is 0.462. The first-order valence-corrected chi connectivity index (χ1v) is 6.62. The van der Waals surface area contributed by atoms with E-state index in [4.69, 9.17) is 28.3 Å². The van der Waals surface area contributed by atoms with E-state index in [9.17, 15) is 4.79 Å². The second kappa shape index (κ2) is 6.98. The highest BCUT2D eigenvalue weighted by molar-refractivity contribution is 6.42. The van der Waals surface area contributed by atoms with E-state index in [1.807, 2.05) is 26.0 Å². The van der Waals surface area contributed by atoms with Crippen LogP contribution >= 0.6 is 23.2 Å². The number of nitrogens with zero attached hydrogens (tertiary/aromatic N) is 1.